The number of anilines is 1. The minimum atomic E-state index is -0.882. The zero-order chi connectivity index (χ0) is 10.8. The van der Waals surface area contributed by atoms with Gasteiger partial charge in [0.15, 0.2) is 0 Å². The number of nitrogens with one attached hydrogen (secondary N) is 1. The van der Waals surface area contributed by atoms with Gasteiger partial charge >= 0.3 is 5.97 Å². The Hall–Kier alpha value is -1.62. The Morgan fingerprint density at radius 3 is 3.00 bits per heavy atom. The summed E-state index contributed by atoms with van der Waals surface area (Å²) in [5.41, 5.74) is 0. The van der Waals surface area contributed by atoms with E-state index in [1.165, 1.54) is 11.5 Å². The van der Waals surface area contributed by atoms with Crippen LogP contribution in [-0.4, -0.2) is 21.5 Å². The van der Waals surface area contributed by atoms with E-state index in [9.17, 15) is 4.79 Å². The van der Waals surface area contributed by atoms with E-state index >= 15 is 0 Å². The van der Waals surface area contributed by atoms with Gasteiger partial charge in [0.1, 0.15) is 11.9 Å². The standard InChI is InChI=1S/C10H10N2O2S/c1-6(10(13)14)11-9-7-4-2-3-5-8(7)15-12-9/h2-6H,1H3,(H,11,12)(H,13,14)/t6-/m1/s1. The molecule has 0 saturated heterocycles. The molecule has 5 heteroatoms. The molecule has 1 atom stereocenters. The first kappa shape index (κ1) is 9.92. The van der Waals surface area contributed by atoms with Crippen LogP contribution in [0.3, 0.4) is 0 Å². The Labute approximate surface area is 90.7 Å². The number of rotatable bonds is 3. The van der Waals surface area contributed by atoms with Crippen molar-refractivity contribution in [3.8, 4) is 0 Å². The van der Waals surface area contributed by atoms with Crippen LogP contribution in [0.2, 0.25) is 0 Å². The molecule has 0 spiro atoms. The Kier molecular flexibility index (Phi) is 2.55. The van der Waals surface area contributed by atoms with Gasteiger partial charge in [0, 0.05) is 5.39 Å². The third-order valence-electron chi connectivity index (χ3n) is 2.10. The molecule has 0 bridgehead atoms. The summed E-state index contributed by atoms with van der Waals surface area (Å²) in [5, 5.41) is 12.6. The van der Waals surface area contributed by atoms with Crippen LogP contribution in [0.1, 0.15) is 6.92 Å². The number of benzene rings is 1. The maximum Gasteiger partial charge on any atom is 0.325 e. The predicted molar refractivity (Wildman–Crippen MR) is 60.3 cm³/mol. The smallest absolute Gasteiger partial charge is 0.325 e. The van der Waals surface area contributed by atoms with Crippen molar-refractivity contribution >= 4 is 33.4 Å². The van der Waals surface area contributed by atoms with Crippen molar-refractivity contribution in [1.82, 2.24) is 4.37 Å². The van der Waals surface area contributed by atoms with Gasteiger partial charge in [-0.05, 0) is 30.6 Å². The first-order valence-electron chi connectivity index (χ1n) is 4.52. The largest absolute Gasteiger partial charge is 0.480 e. The third kappa shape index (κ3) is 1.92. The Balaban J connectivity index is 2.32. The second-order valence-electron chi connectivity index (χ2n) is 3.23. The lowest BCUT2D eigenvalue weighted by Crippen LogP contribution is -2.25. The predicted octanol–water partition coefficient (Wildman–Crippen LogP) is 2.18. The molecule has 4 nitrogen and oxygen atoms in total. The van der Waals surface area contributed by atoms with E-state index < -0.39 is 12.0 Å². The van der Waals surface area contributed by atoms with Crippen molar-refractivity contribution in [1.29, 1.82) is 0 Å². The Bertz CT molecular complexity index is 495. The number of fused-ring (bicyclic) bond motifs is 1. The molecule has 1 aromatic heterocycles. The van der Waals surface area contributed by atoms with Crippen molar-refractivity contribution in [3.63, 3.8) is 0 Å². The minimum Gasteiger partial charge on any atom is -0.480 e. The van der Waals surface area contributed by atoms with E-state index in [1.54, 1.807) is 6.92 Å². The summed E-state index contributed by atoms with van der Waals surface area (Å²) in [5.74, 6) is -0.238. The van der Waals surface area contributed by atoms with Gasteiger partial charge in [-0.1, -0.05) is 12.1 Å². The van der Waals surface area contributed by atoms with Gasteiger partial charge < -0.3 is 10.4 Å². The molecular weight excluding hydrogens is 212 g/mol. The average molecular weight is 222 g/mol. The molecule has 0 unspecified atom stereocenters. The highest BCUT2D eigenvalue weighted by Crippen LogP contribution is 2.26. The van der Waals surface area contributed by atoms with Crippen LogP contribution in [0, 0.1) is 0 Å². The molecular formula is C10H10N2O2S. The van der Waals surface area contributed by atoms with Crippen LogP contribution in [0.5, 0.6) is 0 Å². The van der Waals surface area contributed by atoms with Gasteiger partial charge in [0.25, 0.3) is 0 Å². The summed E-state index contributed by atoms with van der Waals surface area (Å²) in [4.78, 5) is 10.7. The van der Waals surface area contributed by atoms with E-state index in [2.05, 4.69) is 9.69 Å². The van der Waals surface area contributed by atoms with Crippen LogP contribution in [0.4, 0.5) is 5.82 Å². The fourth-order valence-corrected chi connectivity index (χ4v) is 2.00. The molecule has 2 aromatic rings. The first-order valence-corrected chi connectivity index (χ1v) is 5.29. The molecule has 0 fully saturated rings. The fraction of sp³-hybridized carbons (Fsp3) is 0.200. The van der Waals surface area contributed by atoms with E-state index in [1.807, 2.05) is 24.3 Å². The molecule has 78 valence electrons. The number of nitrogens with zero attached hydrogens (tertiary/aromatic N) is 1. The average Bonchev–Trinajstić information content (AvgIpc) is 2.62. The van der Waals surface area contributed by atoms with Crippen LogP contribution < -0.4 is 5.32 Å². The molecule has 1 aromatic carbocycles. The van der Waals surface area contributed by atoms with Crippen LogP contribution in [0.25, 0.3) is 10.1 Å². The zero-order valence-electron chi connectivity index (χ0n) is 8.10. The van der Waals surface area contributed by atoms with E-state index in [0.717, 1.165) is 10.1 Å². The highest BCUT2D eigenvalue weighted by Gasteiger charge is 2.13. The highest BCUT2D eigenvalue weighted by molar-refractivity contribution is 7.13. The van der Waals surface area contributed by atoms with Crippen molar-refractivity contribution < 1.29 is 9.90 Å². The maximum absolute atomic E-state index is 10.7. The second kappa shape index (κ2) is 3.86. The number of hydrogen-bond acceptors (Lipinski definition) is 4. The van der Waals surface area contributed by atoms with Crippen molar-refractivity contribution in [2.45, 2.75) is 13.0 Å². The SMILES string of the molecule is C[C@@H](Nc1nsc2ccccc12)C(=O)O. The molecule has 0 aliphatic rings. The number of carboxylic acids is 1. The lowest BCUT2D eigenvalue weighted by Gasteiger charge is -2.07. The maximum atomic E-state index is 10.7. The summed E-state index contributed by atoms with van der Waals surface area (Å²) in [6, 6.07) is 7.10. The fourth-order valence-electron chi connectivity index (χ4n) is 1.26. The van der Waals surface area contributed by atoms with E-state index in [0.29, 0.717) is 5.82 Å². The minimum absolute atomic E-state index is 0.629. The van der Waals surface area contributed by atoms with Gasteiger partial charge in [-0.2, -0.15) is 4.37 Å². The van der Waals surface area contributed by atoms with Gasteiger partial charge in [-0.25, -0.2) is 0 Å². The summed E-state index contributed by atoms with van der Waals surface area (Å²) < 4.78 is 5.24. The quantitative estimate of drug-likeness (QED) is 0.835. The normalized spacial score (nSPS) is 12.6. The van der Waals surface area contributed by atoms with Crippen molar-refractivity contribution in [3.05, 3.63) is 24.3 Å². The molecule has 0 saturated carbocycles. The molecule has 2 rings (SSSR count). The topological polar surface area (TPSA) is 62.2 Å². The lowest BCUT2D eigenvalue weighted by molar-refractivity contribution is -0.137. The first-order chi connectivity index (χ1) is 7.18. The van der Waals surface area contributed by atoms with Crippen molar-refractivity contribution in [2.24, 2.45) is 0 Å². The van der Waals surface area contributed by atoms with Crippen LogP contribution >= 0.6 is 11.5 Å². The summed E-state index contributed by atoms with van der Waals surface area (Å²) in [6.45, 7) is 1.59. The van der Waals surface area contributed by atoms with Gasteiger partial charge in [0.2, 0.25) is 0 Å². The molecule has 0 aliphatic carbocycles. The second-order valence-corrected chi connectivity index (χ2v) is 4.04. The van der Waals surface area contributed by atoms with E-state index in [-0.39, 0.29) is 0 Å². The molecule has 15 heavy (non-hydrogen) atoms. The van der Waals surface area contributed by atoms with Gasteiger partial charge in [0.05, 0.1) is 4.70 Å². The monoisotopic (exact) mass is 222 g/mol. The summed E-state index contributed by atoms with van der Waals surface area (Å²) >= 11 is 1.36. The lowest BCUT2D eigenvalue weighted by atomic mass is 10.2. The third-order valence-corrected chi connectivity index (χ3v) is 2.93. The van der Waals surface area contributed by atoms with Gasteiger partial charge in [-0.3, -0.25) is 4.79 Å². The molecule has 0 aliphatic heterocycles. The number of carboxylic acid groups (broad SMARTS) is 1. The van der Waals surface area contributed by atoms with Crippen LogP contribution in [-0.2, 0) is 4.79 Å². The van der Waals surface area contributed by atoms with Crippen LogP contribution in [0.15, 0.2) is 24.3 Å². The Morgan fingerprint density at radius 2 is 2.27 bits per heavy atom. The highest BCUT2D eigenvalue weighted by atomic mass is 32.1. The van der Waals surface area contributed by atoms with Gasteiger partial charge in [-0.15, -0.1) is 0 Å². The Morgan fingerprint density at radius 1 is 1.53 bits per heavy atom. The van der Waals surface area contributed by atoms with E-state index in [4.69, 9.17) is 5.11 Å². The number of aliphatic carboxylic acids is 1. The van der Waals surface area contributed by atoms with Crippen molar-refractivity contribution in [2.75, 3.05) is 5.32 Å². The molecule has 0 radical (unpaired) electrons. The number of aromatic nitrogens is 1. The molecule has 0 amide bonds. The summed E-state index contributed by atoms with van der Waals surface area (Å²) in [7, 11) is 0. The summed E-state index contributed by atoms with van der Waals surface area (Å²) in [6.07, 6.45) is 0. The number of carbonyl (C=O) groups is 1. The zero-order valence-corrected chi connectivity index (χ0v) is 8.91. The number of hydrogen-bond donors (Lipinski definition) is 2. The molecule has 1 heterocycles. The molecule has 2 N–H and O–H groups in total.